The van der Waals surface area contributed by atoms with E-state index in [9.17, 15) is 14.7 Å². The van der Waals surface area contributed by atoms with Crippen molar-refractivity contribution in [2.45, 2.75) is 19.9 Å². The van der Waals surface area contributed by atoms with Gasteiger partial charge in [0.15, 0.2) is 22.7 Å². The van der Waals surface area contributed by atoms with Gasteiger partial charge in [0.2, 0.25) is 0 Å². The first-order valence-corrected chi connectivity index (χ1v) is 12.1. The number of benzene rings is 3. The number of carboxylic acid groups (broad SMARTS) is 1. The van der Waals surface area contributed by atoms with E-state index in [1.54, 1.807) is 67.6 Å². The van der Waals surface area contributed by atoms with Crippen LogP contribution in [0.25, 0.3) is 28.1 Å². The summed E-state index contributed by atoms with van der Waals surface area (Å²) in [6.45, 7) is 3.77. The summed E-state index contributed by atoms with van der Waals surface area (Å²) in [6, 6.07) is 16.7. The molecule has 198 valence electrons. The van der Waals surface area contributed by atoms with E-state index in [2.05, 4.69) is 15.6 Å². The summed E-state index contributed by atoms with van der Waals surface area (Å²) in [5.74, 6) is 0.335. The lowest BCUT2D eigenvalue weighted by molar-refractivity contribution is 0.0698. The van der Waals surface area contributed by atoms with Crippen molar-refractivity contribution in [3.05, 3.63) is 93.8 Å². The second kappa shape index (κ2) is 10.3. The molecule has 1 atom stereocenters. The fraction of sp³-hybridized carbons (Fsp3) is 0.172. The summed E-state index contributed by atoms with van der Waals surface area (Å²) >= 11 is 0. The number of nitrogens with one attached hydrogen (secondary N) is 1. The molecule has 5 rings (SSSR count). The fourth-order valence-electron chi connectivity index (χ4n) is 4.46. The summed E-state index contributed by atoms with van der Waals surface area (Å²) < 4.78 is 18.5. The van der Waals surface area contributed by atoms with E-state index in [-0.39, 0.29) is 22.8 Å². The summed E-state index contributed by atoms with van der Waals surface area (Å²) in [5, 5.41) is 21.7. The van der Waals surface area contributed by atoms with E-state index >= 15 is 0 Å². The number of aryl methyl sites for hydroxylation is 1. The van der Waals surface area contributed by atoms with Gasteiger partial charge in [0.25, 0.3) is 0 Å². The quantitative estimate of drug-likeness (QED) is 0.279. The molecule has 5 aromatic rings. The number of aromatic carboxylic acids is 1. The Morgan fingerprint density at radius 1 is 1.05 bits per heavy atom. The van der Waals surface area contributed by atoms with Crippen LogP contribution in [0.15, 0.2) is 76.1 Å². The highest BCUT2D eigenvalue weighted by atomic mass is 16.5. The normalized spacial score (nSPS) is 11.8. The van der Waals surface area contributed by atoms with Gasteiger partial charge in [-0.2, -0.15) is 0 Å². The van der Waals surface area contributed by atoms with E-state index < -0.39 is 5.97 Å². The third kappa shape index (κ3) is 4.91. The van der Waals surface area contributed by atoms with Gasteiger partial charge in [-0.1, -0.05) is 23.4 Å². The van der Waals surface area contributed by atoms with Crippen LogP contribution in [0.5, 0.6) is 11.5 Å². The number of carbonyl (C=O) groups is 1. The van der Waals surface area contributed by atoms with E-state index in [1.807, 2.05) is 19.9 Å². The molecule has 0 radical (unpaired) electrons. The molecule has 2 heterocycles. The van der Waals surface area contributed by atoms with Crippen LogP contribution in [-0.2, 0) is 0 Å². The van der Waals surface area contributed by atoms with Crippen molar-refractivity contribution in [1.82, 2.24) is 15.0 Å². The molecule has 0 spiro atoms. The Kier molecular flexibility index (Phi) is 6.76. The molecule has 10 heteroatoms. The van der Waals surface area contributed by atoms with Gasteiger partial charge in [-0.3, -0.25) is 4.79 Å². The average Bonchev–Trinajstić information content (AvgIpc) is 3.43. The van der Waals surface area contributed by atoms with Gasteiger partial charge >= 0.3 is 5.97 Å². The number of fused-ring (bicyclic) bond motifs is 1. The maximum Gasteiger partial charge on any atom is 0.337 e. The van der Waals surface area contributed by atoms with Crippen LogP contribution in [0.4, 0.5) is 5.69 Å². The van der Waals surface area contributed by atoms with Crippen molar-refractivity contribution in [3.63, 3.8) is 0 Å². The zero-order chi connectivity index (χ0) is 27.7. The van der Waals surface area contributed by atoms with Crippen molar-refractivity contribution < 1.29 is 23.8 Å². The standard InChI is InChI=1S/C29H26N4O6/c1-16-11-20(17(2)30-22-8-6-5-7-19(22)29(35)36)28-21(12-16)24(34)14-26(39-28)23-15-33(32-31-23)18-9-10-25(37-3)27(13-18)38-4/h5-15,17,30H,1-4H3,(H,35,36)/t17-/m1/s1. The molecule has 39 heavy (non-hydrogen) atoms. The molecule has 0 bridgehead atoms. The van der Waals surface area contributed by atoms with E-state index in [1.165, 1.54) is 12.1 Å². The highest BCUT2D eigenvalue weighted by Gasteiger charge is 2.19. The molecule has 2 aromatic heterocycles. The van der Waals surface area contributed by atoms with Crippen molar-refractivity contribution >= 4 is 22.6 Å². The third-order valence-corrected chi connectivity index (χ3v) is 6.38. The summed E-state index contributed by atoms with van der Waals surface area (Å²) in [5.41, 5.74) is 3.40. The number of rotatable bonds is 8. The molecule has 0 saturated carbocycles. The van der Waals surface area contributed by atoms with E-state index in [4.69, 9.17) is 13.9 Å². The van der Waals surface area contributed by atoms with Crippen molar-refractivity contribution in [3.8, 4) is 28.6 Å². The Labute approximate surface area is 223 Å². The molecule has 0 fully saturated rings. The molecular weight excluding hydrogens is 500 g/mol. The Balaban J connectivity index is 1.56. The minimum absolute atomic E-state index is 0.148. The van der Waals surface area contributed by atoms with Gasteiger partial charge in [-0.25, -0.2) is 9.48 Å². The van der Waals surface area contributed by atoms with E-state index in [0.29, 0.717) is 45.1 Å². The lowest BCUT2D eigenvalue weighted by Gasteiger charge is -2.19. The number of ether oxygens (including phenoxy) is 2. The molecular formula is C29H26N4O6. The third-order valence-electron chi connectivity index (χ3n) is 6.38. The Bertz CT molecular complexity index is 1760. The first-order chi connectivity index (χ1) is 18.8. The Morgan fingerprint density at radius 3 is 2.56 bits per heavy atom. The second-order valence-electron chi connectivity index (χ2n) is 9.01. The monoisotopic (exact) mass is 526 g/mol. The Morgan fingerprint density at radius 2 is 1.82 bits per heavy atom. The lowest BCUT2D eigenvalue weighted by atomic mass is 10.0. The summed E-state index contributed by atoms with van der Waals surface area (Å²) in [6.07, 6.45) is 1.66. The molecule has 0 saturated heterocycles. The zero-order valence-corrected chi connectivity index (χ0v) is 21.8. The van der Waals surface area contributed by atoms with Crippen LogP contribution < -0.4 is 20.2 Å². The summed E-state index contributed by atoms with van der Waals surface area (Å²) in [7, 11) is 3.11. The molecule has 0 aliphatic carbocycles. The lowest BCUT2D eigenvalue weighted by Crippen LogP contribution is -2.12. The topological polar surface area (TPSA) is 129 Å². The number of hydrogen-bond donors (Lipinski definition) is 2. The minimum atomic E-state index is -1.04. The molecule has 0 aliphatic rings. The first-order valence-electron chi connectivity index (χ1n) is 12.1. The van der Waals surface area contributed by atoms with E-state index in [0.717, 1.165) is 5.56 Å². The van der Waals surface area contributed by atoms with Crippen molar-refractivity contribution in [2.75, 3.05) is 19.5 Å². The van der Waals surface area contributed by atoms with Gasteiger partial charge in [0, 0.05) is 23.4 Å². The Hall–Kier alpha value is -5.12. The highest BCUT2D eigenvalue weighted by molar-refractivity contribution is 5.94. The van der Waals surface area contributed by atoms with Gasteiger partial charge in [-0.05, 0) is 49.7 Å². The maximum atomic E-state index is 13.2. The maximum absolute atomic E-state index is 13.2. The van der Waals surface area contributed by atoms with Crippen LogP contribution in [0.3, 0.4) is 0 Å². The molecule has 0 unspecified atom stereocenters. The number of nitrogens with zero attached hydrogens (tertiary/aromatic N) is 3. The van der Waals surface area contributed by atoms with Crippen molar-refractivity contribution in [1.29, 1.82) is 0 Å². The average molecular weight is 527 g/mol. The smallest absolute Gasteiger partial charge is 0.337 e. The molecule has 10 nitrogen and oxygen atoms in total. The van der Waals surface area contributed by atoms with Crippen LogP contribution >= 0.6 is 0 Å². The fourth-order valence-corrected chi connectivity index (χ4v) is 4.46. The van der Waals surface area contributed by atoms with Crippen LogP contribution in [-0.4, -0.2) is 40.3 Å². The number of anilines is 1. The van der Waals surface area contributed by atoms with Crippen LogP contribution in [0.2, 0.25) is 0 Å². The van der Waals surface area contributed by atoms with Crippen LogP contribution in [0.1, 0.15) is 34.5 Å². The summed E-state index contributed by atoms with van der Waals surface area (Å²) in [4.78, 5) is 24.9. The highest BCUT2D eigenvalue weighted by Crippen LogP contribution is 2.32. The SMILES string of the molecule is COc1ccc(-n2cc(-c3cc(=O)c4cc(C)cc([C@@H](C)Nc5ccccc5C(=O)O)c4o3)nn2)cc1OC. The van der Waals surface area contributed by atoms with Crippen LogP contribution in [0, 0.1) is 6.92 Å². The predicted octanol–water partition coefficient (Wildman–Crippen LogP) is 5.24. The largest absolute Gasteiger partial charge is 0.493 e. The zero-order valence-electron chi connectivity index (χ0n) is 21.8. The number of hydrogen-bond acceptors (Lipinski definition) is 8. The van der Waals surface area contributed by atoms with Crippen molar-refractivity contribution in [2.24, 2.45) is 0 Å². The molecule has 0 aliphatic heterocycles. The minimum Gasteiger partial charge on any atom is -0.493 e. The molecule has 3 aromatic carbocycles. The van der Waals surface area contributed by atoms with Gasteiger partial charge < -0.3 is 24.3 Å². The molecule has 2 N–H and O–H groups in total. The number of methoxy groups -OCH3 is 2. The molecule has 0 amide bonds. The first kappa shape index (κ1) is 25.5. The van der Waals surface area contributed by atoms with Gasteiger partial charge in [0.1, 0.15) is 11.3 Å². The van der Waals surface area contributed by atoms with Gasteiger partial charge in [-0.15, -0.1) is 5.10 Å². The predicted molar refractivity (Wildman–Crippen MR) is 146 cm³/mol. The van der Waals surface area contributed by atoms with Gasteiger partial charge in [0.05, 0.1) is 43.1 Å². The number of carboxylic acids is 1. The second-order valence-corrected chi connectivity index (χ2v) is 9.01. The number of aromatic nitrogens is 3. The number of para-hydroxylation sites is 1.